The Hall–Kier alpha value is -9.26. The third-order valence-electron chi connectivity index (χ3n) is 14.4. The molecule has 15 rings (SSSR count). The van der Waals surface area contributed by atoms with Gasteiger partial charge in [-0.25, -0.2) is 0 Å². The van der Waals surface area contributed by atoms with Gasteiger partial charge in [0.2, 0.25) is 0 Å². The van der Waals surface area contributed by atoms with Crippen LogP contribution in [0.25, 0.3) is 109 Å². The van der Waals surface area contributed by atoms with Gasteiger partial charge < -0.3 is 27.5 Å². The van der Waals surface area contributed by atoms with E-state index in [0.29, 0.717) is 0 Å². The number of benzene rings is 11. The summed E-state index contributed by atoms with van der Waals surface area (Å²) in [6.07, 6.45) is 0. The van der Waals surface area contributed by atoms with Crippen molar-refractivity contribution in [2.45, 2.75) is 13.8 Å². The number of hydrogen-bond donors (Lipinski definition) is 0. The molecule has 0 aliphatic heterocycles. The molecule has 0 aliphatic carbocycles. The highest BCUT2D eigenvalue weighted by Gasteiger charge is 2.22. The van der Waals surface area contributed by atoms with E-state index in [0.717, 1.165) is 143 Å². The second-order valence-electron chi connectivity index (χ2n) is 18.6. The fourth-order valence-corrected chi connectivity index (χ4v) is 11.1. The fourth-order valence-electron chi connectivity index (χ4n) is 11.1. The van der Waals surface area contributed by atoms with Crippen LogP contribution in [0.15, 0.2) is 224 Å². The van der Waals surface area contributed by atoms with Gasteiger partial charge in [0.15, 0.2) is 0 Å². The van der Waals surface area contributed by atoms with Crippen LogP contribution in [0.4, 0.5) is 34.1 Å². The van der Waals surface area contributed by atoms with Crippen LogP contribution >= 0.6 is 0 Å². The summed E-state index contributed by atoms with van der Waals surface area (Å²) in [6, 6.07) is 72.9. The summed E-state index contributed by atoms with van der Waals surface area (Å²) >= 11 is 0. The Morgan fingerprint density at radius 2 is 0.629 bits per heavy atom. The Morgan fingerprint density at radius 1 is 0.257 bits per heavy atom. The number of aryl methyl sites for hydroxylation is 2. The van der Waals surface area contributed by atoms with Gasteiger partial charge in [-0.1, -0.05) is 84.9 Å². The van der Waals surface area contributed by atoms with Crippen LogP contribution in [0.2, 0.25) is 0 Å². The largest absolute Gasteiger partial charge is 0.456 e. The van der Waals surface area contributed by atoms with E-state index in [9.17, 15) is 0 Å². The van der Waals surface area contributed by atoms with E-state index in [2.05, 4.69) is 194 Å². The summed E-state index contributed by atoms with van der Waals surface area (Å²) < 4.78 is 26.2. The van der Waals surface area contributed by atoms with E-state index in [-0.39, 0.29) is 0 Å². The maximum Gasteiger partial charge on any atom is 0.137 e. The highest BCUT2D eigenvalue weighted by atomic mass is 16.3. The standard InChI is InChI=1S/C64H40N2O4/c1-37-11-3-7-15-53(37)65(45-23-25-49-47-13-5-9-17-55(47)67-61(49)35-45)43-21-19-39-31-51-59(33-41(39)29-43)69-57-27-28-58-64(63(51)57)52-32-40-20-22-44(30-42(40)34-60(52)70-58)66(54-16-8-4-12-38(54)2)46-24-26-50-48-14-6-10-18-56(48)68-62(50)36-46/h3-36H,1-2H3. The van der Waals surface area contributed by atoms with Crippen LogP contribution < -0.4 is 9.80 Å². The van der Waals surface area contributed by atoms with Crippen molar-refractivity contribution in [1.29, 1.82) is 0 Å². The van der Waals surface area contributed by atoms with Crippen LogP contribution in [0.1, 0.15) is 11.1 Å². The minimum Gasteiger partial charge on any atom is -0.456 e. The number of anilines is 6. The predicted molar refractivity (Wildman–Crippen MR) is 289 cm³/mol. The van der Waals surface area contributed by atoms with E-state index in [1.807, 2.05) is 36.4 Å². The number of nitrogens with zero attached hydrogens (tertiary/aromatic N) is 2. The van der Waals surface area contributed by atoms with Crippen LogP contribution in [0, 0.1) is 13.8 Å². The smallest absolute Gasteiger partial charge is 0.137 e. The molecule has 6 nitrogen and oxygen atoms in total. The van der Waals surface area contributed by atoms with E-state index in [4.69, 9.17) is 17.7 Å². The van der Waals surface area contributed by atoms with E-state index < -0.39 is 0 Å². The first-order valence-electron chi connectivity index (χ1n) is 23.7. The molecule has 330 valence electrons. The average Bonchev–Trinajstić information content (AvgIpc) is 4.15. The number of fused-ring (bicyclic) bond motifs is 15. The average molecular weight is 901 g/mol. The number of para-hydroxylation sites is 4. The molecular formula is C64H40N2O4. The zero-order valence-corrected chi connectivity index (χ0v) is 38.2. The predicted octanol–water partition coefficient (Wildman–Crippen LogP) is 19.1. The lowest BCUT2D eigenvalue weighted by Gasteiger charge is -2.27. The fraction of sp³-hybridized carbons (Fsp3) is 0.0312. The highest BCUT2D eigenvalue weighted by Crippen LogP contribution is 2.46. The van der Waals surface area contributed by atoms with Gasteiger partial charge in [-0.2, -0.15) is 0 Å². The van der Waals surface area contributed by atoms with Gasteiger partial charge in [0, 0.05) is 89.3 Å². The van der Waals surface area contributed by atoms with Gasteiger partial charge in [-0.15, -0.1) is 0 Å². The third-order valence-corrected chi connectivity index (χ3v) is 14.4. The number of hydrogen-bond acceptors (Lipinski definition) is 6. The molecule has 70 heavy (non-hydrogen) atoms. The number of rotatable bonds is 6. The monoisotopic (exact) mass is 900 g/mol. The molecule has 15 aromatic rings. The molecule has 0 spiro atoms. The van der Waals surface area contributed by atoms with Gasteiger partial charge in [-0.3, -0.25) is 0 Å². The molecule has 0 atom stereocenters. The molecule has 0 bridgehead atoms. The highest BCUT2D eigenvalue weighted by molar-refractivity contribution is 6.28. The summed E-state index contributed by atoms with van der Waals surface area (Å²) in [7, 11) is 0. The quantitative estimate of drug-likeness (QED) is 0.166. The Balaban J connectivity index is 0.851. The van der Waals surface area contributed by atoms with E-state index in [1.165, 1.54) is 11.1 Å². The lowest BCUT2D eigenvalue weighted by molar-refractivity contribution is 0.663. The van der Waals surface area contributed by atoms with Gasteiger partial charge in [0.25, 0.3) is 0 Å². The van der Waals surface area contributed by atoms with Crippen LogP contribution in [0.3, 0.4) is 0 Å². The minimum atomic E-state index is 0.826. The normalized spacial score (nSPS) is 12.1. The third kappa shape index (κ3) is 5.80. The molecule has 0 fully saturated rings. The SMILES string of the molecule is Cc1ccccc1N(c1ccc2cc3c(cc2c1)oc1ccc2oc4cc5cc(N(c6ccc7c(c6)oc6ccccc67)c6ccccc6C)ccc5cc4c2c13)c1ccc2c(c1)oc1ccccc12. The van der Waals surface area contributed by atoms with E-state index >= 15 is 0 Å². The van der Waals surface area contributed by atoms with Crippen molar-refractivity contribution in [1.82, 2.24) is 0 Å². The second kappa shape index (κ2) is 14.6. The van der Waals surface area contributed by atoms with Crippen molar-refractivity contribution in [2.75, 3.05) is 9.80 Å². The molecule has 4 aromatic heterocycles. The first-order chi connectivity index (χ1) is 34.5. The van der Waals surface area contributed by atoms with Crippen LogP contribution in [-0.4, -0.2) is 0 Å². The van der Waals surface area contributed by atoms with Crippen LogP contribution in [-0.2, 0) is 0 Å². The molecule has 0 amide bonds. The van der Waals surface area contributed by atoms with Crippen molar-refractivity contribution in [3.05, 3.63) is 217 Å². The Labute approximate surface area is 400 Å². The van der Waals surface area contributed by atoms with Gasteiger partial charge in [-0.05, 0) is 156 Å². The van der Waals surface area contributed by atoms with Crippen molar-refractivity contribution in [3.8, 4) is 0 Å². The van der Waals surface area contributed by atoms with Crippen molar-refractivity contribution < 1.29 is 17.7 Å². The molecule has 4 heterocycles. The van der Waals surface area contributed by atoms with Crippen molar-refractivity contribution in [3.63, 3.8) is 0 Å². The molecule has 0 saturated heterocycles. The molecule has 6 heteroatoms. The Morgan fingerprint density at radius 3 is 1.10 bits per heavy atom. The first-order valence-corrected chi connectivity index (χ1v) is 23.7. The minimum absolute atomic E-state index is 0.826. The van der Waals surface area contributed by atoms with Crippen molar-refractivity contribution >= 4 is 143 Å². The summed E-state index contributed by atoms with van der Waals surface area (Å²) in [6.45, 7) is 4.32. The lowest BCUT2D eigenvalue weighted by Crippen LogP contribution is -2.11. The molecule has 0 N–H and O–H groups in total. The van der Waals surface area contributed by atoms with Crippen LogP contribution in [0.5, 0.6) is 0 Å². The number of furan rings is 4. The van der Waals surface area contributed by atoms with E-state index in [1.54, 1.807) is 0 Å². The maximum absolute atomic E-state index is 6.74. The Bertz CT molecular complexity index is 4370. The zero-order valence-electron chi connectivity index (χ0n) is 38.2. The molecular weight excluding hydrogens is 861 g/mol. The Kier molecular flexibility index (Phi) is 8.10. The lowest BCUT2D eigenvalue weighted by atomic mass is 10.00. The molecule has 11 aromatic carbocycles. The summed E-state index contributed by atoms with van der Waals surface area (Å²) in [5, 5.41) is 13.1. The molecule has 0 aliphatic rings. The summed E-state index contributed by atoms with van der Waals surface area (Å²) in [5.41, 5.74) is 15.5. The van der Waals surface area contributed by atoms with Gasteiger partial charge in [0.05, 0.1) is 0 Å². The van der Waals surface area contributed by atoms with Gasteiger partial charge in [0.1, 0.15) is 44.7 Å². The summed E-state index contributed by atoms with van der Waals surface area (Å²) in [4.78, 5) is 4.64. The zero-order chi connectivity index (χ0) is 46.2. The first kappa shape index (κ1) is 38.8. The second-order valence-corrected chi connectivity index (χ2v) is 18.6. The molecule has 0 unspecified atom stereocenters. The summed E-state index contributed by atoms with van der Waals surface area (Å²) in [5.74, 6) is 0. The molecule has 0 saturated carbocycles. The topological polar surface area (TPSA) is 59.0 Å². The maximum atomic E-state index is 6.74. The van der Waals surface area contributed by atoms with Gasteiger partial charge >= 0.3 is 0 Å². The molecule has 0 radical (unpaired) electrons. The van der Waals surface area contributed by atoms with Crippen molar-refractivity contribution in [2.24, 2.45) is 0 Å².